The molecule has 7 nitrogen and oxygen atoms in total. The van der Waals surface area contributed by atoms with Crippen LogP contribution < -0.4 is 29.6 Å². The van der Waals surface area contributed by atoms with Crippen molar-refractivity contribution in [3.05, 3.63) is 47.5 Å². The molecular weight excluding hydrogens is 485 g/mol. The van der Waals surface area contributed by atoms with Gasteiger partial charge in [-0.2, -0.15) is 0 Å². The number of methoxy groups -OCH3 is 3. The second-order valence-electron chi connectivity index (χ2n) is 5.83. The summed E-state index contributed by atoms with van der Waals surface area (Å²) in [5.74, 6) is 3.56. The molecule has 0 bridgehead atoms. The average molecular weight is 515 g/mol. The van der Waals surface area contributed by atoms with E-state index in [2.05, 4.69) is 15.6 Å². The molecule has 2 N–H and O–H groups in total. The third-order valence-corrected chi connectivity index (χ3v) is 4.19. The number of ether oxygens (including phenoxy) is 4. The summed E-state index contributed by atoms with van der Waals surface area (Å²) in [6, 6.07) is 11.6. The van der Waals surface area contributed by atoms with Crippen molar-refractivity contribution in [1.29, 1.82) is 0 Å². The van der Waals surface area contributed by atoms with Crippen molar-refractivity contribution in [2.75, 3.05) is 35.0 Å². The Morgan fingerprint density at radius 2 is 1.52 bits per heavy atom. The van der Waals surface area contributed by atoms with Crippen molar-refractivity contribution >= 4 is 29.9 Å². The molecule has 29 heavy (non-hydrogen) atoms. The Balaban J connectivity index is 0.00000420. The van der Waals surface area contributed by atoms with Gasteiger partial charge in [0.2, 0.25) is 0 Å². The van der Waals surface area contributed by atoms with Crippen LogP contribution in [0, 0.1) is 0 Å². The summed E-state index contributed by atoms with van der Waals surface area (Å²) in [5.41, 5.74) is 1.94. The number of para-hydroxylation sites is 1. The van der Waals surface area contributed by atoms with Crippen molar-refractivity contribution in [1.82, 2.24) is 10.6 Å². The molecule has 2 aromatic carbocycles. The highest BCUT2D eigenvalue weighted by Crippen LogP contribution is 2.33. The number of benzene rings is 2. The Hall–Kier alpha value is -2.36. The first-order chi connectivity index (χ1) is 13.7. The topological polar surface area (TPSA) is 73.3 Å². The fourth-order valence-electron chi connectivity index (χ4n) is 2.77. The van der Waals surface area contributed by atoms with Gasteiger partial charge in [0.25, 0.3) is 0 Å². The molecule has 0 aromatic heterocycles. The Morgan fingerprint density at radius 1 is 0.897 bits per heavy atom. The highest BCUT2D eigenvalue weighted by atomic mass is 127. The minimum absolute atomic E-state index is 0. The number of nitrogens with one attached hydrogen (secondary N) is 2. The minimum Gasteiger partial charge on any atom is -0.496 e. The number of aliphatic imine (C=N–C) groups is 1. The zero-order valence-corrected chi connectivity index (χ0v) is 19.9. The monoisotopic (exact) mass is 515 g/mol. The van der Waals surface area contributed by atoms with Crippen LogP contribution in [0.5, 0.6) is 23.0 Å². The van der Waals surface area contributed by atoms with E-state index in [-0.39, 0.29) is 24.0 Å². The summed E-state index contributed by atoms with van der Waals surface area (Å²) in [6.45, 7) is 3.66. The van der Waals surface area contributed by atoms with Crippen LogP contribution in [0.4, 0.5) is 0 Å². The Labute approximate surface area is 189 Å². The van der Waals surface area contributed by atoms with E-state index in [1.165, 1.54) is 0 Å². The summed E-state index contributed by atoms with van der Waals surface area (Å²) in [6.07, 6.45) is 0. The molecule has 8 heteroatoms. The lowest BCUT2D eigenvalue weighted by molar-refractivity contribution is 0.336. The molecule has 0 radical (unpaired) electrons. The van der Waals surface area contributed by atoms with Gasteiger partial charge in [0.15, 0.2) is 5.96 Å². The lowest BCUT2D eigenvalue weighted by atomic mass is 10.1. The van der Waals surface area contributed by atoms with Crippen molar-refractivity contribution in [3.8, 4) is 23.0 Å². The van der Waals surface area contributed by atoms with Crippen LogP contribution in [0.15, 0.2) is 41.4 Å². The molecule has 0 aliphatic rings. The van der Waals surface area contributed by atoms with Crippen molar-refractivity contribution in [2.45, 2.75) is 20.0 Å². The number of guanidine groups is 1. The van der Waals surface area contributed by atoms with Gasteiger partial charge in [0, 0.05) is 31.3 Å². The van der Waals surface area contributed by atoms with Gasteiger partial charge in [-0.3, -0.25) is 4.99 Å². The van der Waals surface area contributed by atoms with Crippen LogP contribution in [0.1, 0.15) is 18.1 Å². The molecule has 2 aromatic rings. The number of hydrogen-bond acceptors (Lipinski definition) is 5. The molecule has 0 saturated carbocycles. The van der Waals surface area contributed by atoms with E-state index in [0.29, 0.717) is 42.9 Å². The van der Waals surface area contributed by atoms with Crippen LogP contribution >= 0.6 is 24.0 Å². The average Bonchev–Trinajstić information content (AvgIpc) is 2.74. The Kier molecular flexibility index (Phi) is 11.0. The van der Waals surface area contributed by atoms with Crippen molar-refractivity contribution in [3.63, 3.8) is 0 Å². The maximum atomic E-state index is 5.67. The van der Waals surface area contributed by atoms with Gasteiger partial charge in [-0.05, 0) is 13.0 Å². The summed E-state index contributed by atoms with van der Waals surface area (Å²) >= 11 is 0. The normalized spacial score (nSPS) is 10.6. The summed E-state index contributed by atoms with van der Waals surface area (Å²) < 4.78 is 21.9. The van der Waals surface area contributed by atoms with Crippen molar-refractivity contribution < 1.29 is 18.9 Å². The van der Waals surface area contributed by atoms with E-state index in [0.717, 1.165) is 16.9 Å². The Bertz CT molecular complexity index is 774. The van der Waals surface area contributed by atoms with E-state index in [1.807, 2.05) is 43.3 Å². The van der Waals surface area contributed by atoms with Crippen LogP contribution in [0.25, 0.3) is 0 Å². The van der Waals surface area contributed by atoms with Crippen LogP contribution in [-0.2, 0) is 13.1 Å². The fourth-order valence-corrected chi connectivity index (χ4v) is 2.77. The SMILES string of the molecule is CCOc1ccccc1CNC(=NC)NCc1c(OC)cc(OC)cc1OC.I. The molecule has 0 heterocycles. The van der Waals surface area contributed by atoms with Gasteiger partial charge >= 0.3 is 0 Å². The third-order valence-electron chi connectivity index (χ3n) is 4.19. The number of nitrogens with zero attached hydrogens (tertiary/aromatic N) is 1. The van der Waals surface area contributed by atoms with Crippen LogP contribution in [0.3, 0.4) is 0 Å². The third kappa shape index (κ3) is 6.88. The van der Waals surface area contributed by atoms with Crippen molar-refractivity contribution in [2.24, 2.45) is 4.99 Å². The molecular formula is C21H30IN3O4. The summed E-state index contributed by atoms with van der Waals surface area (Å²) in [5, 5.41) is 6.60. The number of halogens is 1. The highest BCUT2D eigenvalue weighted by Gasteiger charge is 2.14. The van der Waals surface area contributed by atoms with Gasteiger partial charge in [0.1, 0.15) is 23.0 Å². The zero-order chi connectivity index (χ0) is 20.4. The van der Waals surface area contributed by atoms with Gasteiger partial charge in [-0.25, -0.2) is 0 Å². The van der Waals surface area contributed by atoms with Gasteiger partial charge in [0.05, 0.1) is 40.0 Å². The first-order valence-corrected chi connectivity index (χ1v) is 9.10. The molecule has 0 atom stereocenters. The second-order valence-corrected chi connectivity index (χ2v) is 5.83. The Morgan fingerprint density at radius 3 is 2.07 bits per heavy atom. The molecule has 0 saturated heterocycles. The predicted molar refractivity (Wildman–Crippen MR) is 126 cm³/mol. The van der Waals surface area contributed by atoms with Gasteiger partial charge in [-0.1, -0.05) is 18.2 Å². The first-order valence-electron chi connectivity index (χ1n) is 9.10. The minimum atomic E-state index is 0. The molecule has 2 rings (SSSR count). The smallest absolute Gasteiger partial charge is 0.191 e. The largest absolute Gasteiger partial charge is 0.496 e. The van der Waals surface area contributed by atoms with Crippen LogP contribution in [-0.4, -0.2) is 40.9 Å². The maximum absolute atomic E-state index is 5.67. The predicted octanol–water partition coefficient (Wildman–Crippen LogP) is 3.59. The second kappa shape index (κ2) is 13.0. The fraction of sp³-hybridized carbons (Fsp3) is 0.381. The molecule has 0 aliphatic heterocycles. The summed E-state index contributed by atoms with van der Waals surface area (Å²) in [4.78, 5) is 4.29. The van der Waals surface area contributed by atoms with E-state index in [4.69, 9.17) is 18.9 Å². The molecule has 0 unspecified atom stereocenters. The molecule has 0 amide bonds. The summed E-state index contributed by atoms with van der Waals surface area (Å²) in [7, 11) is 6.58. The lowest BCUT2D eigenvalue weighted by Crippen LogP contribution is -2.36. The molecule has 160 valence electrons. The van der Waals surface area contributed by atoms with E-state index in [9.17, 15) is 0 Å². The highest BCUT2D eigenvalue weighted by molar-refractivity contribution is 14.0. The molecule has 0 fully saturated rings. The number of rotatable bonds is 9. The van der Waals surface area contributed by atoms with E-state index < -0.39 is 0 Å². The number of hydrogen-bond donors (Lipinski definition) is 2. The quantitative estimate of drug-likeness (QED) is 0.302. The molecule has 0 spiro atoms. The lowest BCUT2D eigenvalue weighted by Gasteiger charge is -2.18. The zero-order valence-electron chi connectivity index (χ0n) is 17.6. The van der Waals surface area contributed by atoms with E-state index in [1.54, 1.807) is 28.4 Å². The first kappa shape index (κ1) is 24.7. The van der Waals surface area contributed by atoms with Gasteiger partial charge < -0.3 is 29.6 Å². The standard InChI is InChI=1S/C21H29N3O4.HI/c1-6-28-18-10-8-7-9-15(18)13-23-21(22-2)24-14-17-19(26-4)11-16(25-3)12-20(17)27-5;/h7-12H,6,13-14H2,1-5H3,(H2,22,23,24);1H. The maximum Gasteiger partial charge on any atom is 0.191 e. The van der Waals surface area contributed by atoms with Crippen LogP contribution in [0.2, 0.25) is 0 Å². The van der Waals surface area contributed by atoms with E-state index >= 15 is 0 Å². The molecule has 0 aliphatic carbocycles. The van der Waals surface area contributed by atoms with Gasteiger partial charge in [-0.15, -0.1) is 24.0 Å².